The zero-order chi connectivity index (χ0) is 27.2. The first kappa shape index (κ1) is 27.4. The van der Waals surface area contributed by atoms with Gasteiger partial charge in [0.2, 0.25) is 0 Å². The third-order valence-electron chi connectivity index (χ3n) is 7.63. The number of halogens is 3. The minimum absolute atomic E-state index is 0.0174. The number of nitrogens with zero attached hydrogens (tertiary/aromatic N) is 6. The van der Waals surface area contributed by atoms with Crippen LogP contribution < -0.4 is 0 Å². The molecule has 1 aliphatic heterocycles. The minimum Gasteiger partial charge on any atom is -0.382 e. The van der Waals surface area contributed by atoms with Crippen LogP contribution in [0.3, 0.4) is 0 Å². The molecule has 1 aliphatic rings. The maximum Gasteiger partial charge on any atom is 0.137 e. The number of hydrogen-bond acceptors (Lipinski definition) is 5. The topological polar surface area (TPSA) is 62.4 Å². The number of aliphatic hydroxyl groups is 1. The standard InChI is InChI=1S/C29H35F3N6O/c30-24-7-8-26(27(32)17-24)29(39,20-38-22-33-21-34-38)19-36-15-13-35(14-16-36)10-3-1-2-4-11-37-12-9-23-5-6-25(31)18-28(23)37/h5-9,12,17-18,21-22,39H,1-4,10-11,13-16,19-20H2. The summed E-state index contributed by atoms with van der Waals surface area (Å²) in [7, 11) is 0. The Kier molecular flexibility index (Phi) is 8.64. The fourth-order valence-corrected chi connectivity index (χ4v) is 5.53. The second-order valence-corrected chi connectivity index (χ2v) is 10.5. The molecule has 0 bridgehead atoms. The minimum atomic E-state index is -1.58. The maximum absolute atomic E-state index is 14.7. The van der Waals surface area contributed by atoms with Crippen molar-refractivity contribution in [2.24, 2.45) is 0 Å². The molecule has 208 valence electrons. The summed E-state index contributed by atoms with van der Waals surface area (Å²) >= 11 is 0. The molecule has 2 aromatic carbocycles. The Labute approximate surface area is 226 Å². The number of fused-ring (bicyclic) bond motifs is 1. The first-order valence-corrected chi connectivity index (χ1v) is 13.6. The second kappa shape index (κ2) is 12.3. The number of aryl methyl sites for hydroxylation is 1. The molecule has 1 saturated heterocycles. The monoisotopic (exact) mass is 540 g/mol. The van der Waals surface area contributed by atoms with Gasteiger partial charge in [0.15, 0.2) is 0 Å². The molecule has 1 fully saturated rings. The molecule has 0 saturated carbocycles. The molecular formula is C29H35F3N6O. The van der Waals surface area contributed by atoms with Gasteiger partial charge in [-0.05, 0) is 55.1 Å². The molecule has 7 nitrogen and oxygen atoms in total. The largest absolute Gasteiger partial charge is 0.382 e. The Morgan fingerprint density at radius 1 is 0.795 bits per heavy atom. The van der Waals surface area contributed by atoms with E-state index in [0.717, 1.165) is 81.9 Å². The quantitative estimate of drug-likeness (QED) is 0.270. The van der Waals surface area contributed by atoms with Crippen molar-refractivity contribution in [1.82, 2.24) is 29.1 Å². The smallest absolute Gasteiger partial charge is 0.137 e. The van der Waals surface area contributed by atoms with Crippen molar-refractivity contribution in [3.05, 3.63) is 84.3 Å². The van der Waals surface area contributed by atoms with Crippen molar-refractivity contribution in [2.45, 2.75) is 44.4 Å². The van der Waals surface area contributed by atoms with Crippen LogP contribution >= 0.6 is 0 Å². The average molecular weight is 541 g/mol. The lowest BCUT2D eigenvalue weighted by Gasteiger charge is -2.39. The number of benzene rings is 2. The summed E-state index contributed by atoms with van der Waals surface area (Å²) in [6.07, 6.45) is 9.29. The Balaban J connectivity index is 1.06. The molecule has 0 radical (unpaired) electrons. The van der Waals surface area contributed by atoms with E-state index in [9.17, 15) is 18.3 Å². The molecule has 0 amide bonds. The summed E-state index contributed by atoms with van der Waals surface area (Å²) in [6.45, 7) is 5.36. The molecule has 2 aromatic heterocycles. The first-order valence-electron chi connectivity index (χ1n) is 13.6. The zero-order valence-electron chi connectivity index (χ0n) is 22.0. The normalized spacial score (nSPS) is 16.6. The third kappa shape index (κ3) is 6.87. The molecule has 1 N–H and O–H groups in total. The van der Waals surface area contributed by atoms with Gasteiger partial charge in [0.05, 0.1) is 12.1 Å². The molecule has 4 aromatic rings. The van der Waals surface area contributed by atoms with E-state index in [4.69, 9.17) is 0 Å². The average Bonchev–Trinajstić information content (AvgIpc) is 3.56. The van der Waals surface area contributed by atoms with E-state index >= 15 is 0 Å². The number of hydrogen-bond donors (Lipinski definition) is 1. The summed E-state index contributed by atoms with van der Waals surface area (Å²) in [4.78, 5) is 8.47. The highest BCUT2D eigenvalue weighted by Gasteiger charge is 2.36. The van der Waals surface area contributed by atoms with Crippen molar-refractivity contribution < 1.29 is 18.3 Å². The van der Waals surface area contributed by atoms with E-state index in [-0.39, 0.29) is 24.5 Å². The van der Waals surface area contributed by atoms with E-state index < -0.39 is 17.2 Å². The number of rotatable bonds is 12. The SMILES string of the molecule is OC(CN1CCN(CCCCCCn2ccc3ccc(F)cc32)CC1)(Cn1cncn1)c1ccc(F)cc1F. The Morgan fingerprint density at radius 2 is 1.51 bits per heavy atom. The van der Waals surface area contributed by atoms with Crippen LogP contribution in [0.5, 0.6) is 0 Å². The second-order valence-electron chi connectivity index (χ2n) is 10.5. The van der Waals surface area contributed by atoms with Gasteiger partial charge in [-0.15, -0.1) is 0 Å². The number of aromatic nitrogens is 4. The van der Waals surface area contributed by atoms with Gasteiger partial charge in [-0.3, -0.25) is 4.90 Å². The Bertz CT molecular complexity index is 1350. The molecule has 10 heteroatoms. The molecule has 1 unspecified atom stereocenters. The molecule has 1 atom stereocenters. The van der Waals surface area contributed by atoms with Crippen LogP contribution in [0.25, 0.3) is 10.9 Å². The van der Waals surface area contributed by atoms with Crippen LogP contribution in [0.2, 0.25) is 0 Å². The van der Waals surface area contributed by atoms with Gasteiger partial charge in [-0.2, -0.15) is 5.10 Å². The van der Waals surface area contributed by atoms with Gasteiger partial charge in [0, 0.05) is 57.1 Å². The Hall–Kier alpha value is -3.21. The van der Waals surface area contributed by atoms with Crippen LogP contribution in [0, 0.1) is 17.5 Å². The van der Waals surface area contributed by atoms with Crippen LogP contribution in [-0.2, 0) is 18.7 Å². The van der Waals surface area contributed by atoms with Gasteiger partial charge in [-0.25, -0.2) is 22.8 Å². The number of β-amino-alcohol motifs (C(OH)–C–C–N with tert-alkyl or cyclic N) is 1. The summed E-state index contributed by atoms with van der Waals surface area (Å²) in [5, 5.41) is 16.7. The maximum atomic E-state index is 14.7. The summed E-state index contributed by atoms with van der Waals surface area (Å²) < 4.78 is 45.4. The van der Waals surface area contributed by atoms with Gasteiger partial charge < -0.3 is 14.6 Å². The van der Waals surface area contributed by atoms with E-state index in [1.54, 1.807) is 6.07 Å². The third-order valence-corrected chi connectivity index (χ3v) is 7.63. The van der Waals surface area contributed by atoms with Gasteiger partial charge in [0.1, 0.15) is 35.7 Å². The lowest BCUT2D eigenvalue weighted by atomic mass is 9.92. The molecule has 5 rings (SSSR count). The highest BCUT2D eigenvalue weighted by molar-refractivity contribution is 5.80. The fraction of sp³-hybridized carbons (Fsp3) is 0.448. The highest BCUT2D eigenvalue weighted by Crippen LogP contribution is 2.28. The van der Waals surface area contributed by atoms with E-state index in [2.05, 4.69) is 24.4 Å². The number of piperazine rings is 1. The van der Waals surface area contributed by atoms with Crippen molar-refractivity contribution >= 4 is 10.9 Å². The molecular weight excluding hydrogens is 505 g/mol. The van der Waals surface area contributed by atoms with E-state index in [1.165, 1.54) is 35.5 Å². The van der Waals surface area contributed by atoms with Gasteiger partial charge >= 0.3 is 0 Å². The van der Waals surface area contributed by atoms with Crippen molar-refractivity contribution in [3.63, 3.8) is 0 Å². The Morgan fingerprint density at radius 3 is 2.26 bits per heavy atom. The summed E-state index contributed by atoms with van der Waals surface area (Å²) in [5.74, 6) is -1.65. The lowest BCUT2D eigenvalue weighted by molar-refractivity contribution is -0.0319. The molecule has 0 aliphatic carbocycles. The zero-order valence-corrected chi connectivity index (χ0v) is 22.0. The summed E-state index contributed by atoms with van der Waals surface area (Å²) in [6, 6.07) is 10.2. The number of unbranched alkanes of at least 4 members (excludes halogenated alkanes) is 3. The van der Waals surface area contributed by atoms with Crippen LogP contribution in [0.15, 0.2) is 61.3 Å². The van der Waals surface area contributed by atoms with E-state index in [1.807, 2.05) is 18.3 Å². The van der Waals surface area contributed by atoms with Gasteiger partial charge in [0.25, 0.3) is 0 Å². The predicted octanol–water partition coefficient (Wildman–Crippen LogP) is 4.42. The van der Waals surface area contributed by atoms with Crippen molar-refractivity contribution in [1.29, 1.82) is 0 Å². The van der Waals surface area contributed by atoms with Crippen molar-refractivity contribution in [3.8, 4) is 0 Å². The van der Waals surface area contributed by atoms with Gasteiger partial charge in [-0.1, -0.05) is 18.9 Å². The lowest BCUT2D eigenvalue weighted by Crippen LogP contribution is -2.52. The molecule has 0 spiro atoms. The van der Waals surface area contributed by atoms with E-state index in [0.29, 0.717) is 0 Å². The van der Waals surface area contributed by atoms with Crippen LogP contribution in [0.1, 0.15) is 31.2 Å². The predicted molar refractivity (Wildman–Crippen MR) is 144 cm³/mol. The van der Waals surface area contributed by atoms with Crippen molar-refractivity contribution in [2.75, 3.05) is 39.3 Å². The fourth-order valence-electron chi connectivity index (χ4n) is 5.53. The molecule has 3 heterocycles. The molecule has 39 heavy (non-hydrogen) atoms. The summed E-state index contributed by atoms with van der Waals surface area (Å²) in [5.41, 5.74) is -0.576. The first-order chi connectivity index (χ1) is 18.9. The highest BCUT2D eigenvalue weighted by atomic mass is 19.1. The van der Waals surface area contributed by atoms with Crippen LogP contribution in [0.4, 0.5) is 13.2 Å². The van der Waals surface area contributed by atoms with Crippen LogP contribution in [-0.4, -0.2) is 73.5 Å².